The first-order valence-corrected chi connectivity index (χ1v) is 10.4. The maximum Gasteiger partial charge on any atom is 0.198 e. The summed E-state index contributed by atoms with van der Waals surface area (Å²) in [5.74, 6) is 0. The number of hydrogen-bond donors (Lipinski definition) is 0. The lowest BCUT2D eigenvalue weighted by atomic mass is 10.0. The van der Waals surface area contributed by atoms with E-state index < -0.39 is 0 Å². The molecule has 0 bridgehead atoms. The minimum atomic E-state index is 0.0157. The van der Waals surface area contributed by atoms with Gasteiger partial charge in [0.1, 0.15) is 0 Å². The molecule has 0 saturated carbocycles. The van der Waals surface area contributed by atoms with Crippen molar-refractivity contribution < 1.29 is 9.47 Å². The van der Waals surface area contributed by atoms with E-state index in [0.29, 0.717) is 0 Å². The number of unbranched alkanes of at least 4 members (excludes halogenated alkanes) is 12. The van der Waals surface area contributed by atoms with Crippen LogP contribution >= 0.6 is 0 Å². The number of hydrogen-bond acceptors (Lipinski definition) is 2. The van der Waals surface area contributed by atoms with E-state index in [2.05, 4.69) is 13.0 Å². The molecule has 1 aliphatic heterocycles. The highest BCUT2D eigenvalue weighted by Gasteiger charge is 2.12. The van der Waals surface area contributed by atoms with Crippen molar-refractivity contribution in [3.05, 3.63) is 12.3 Å². The Balaban J connectivity index is 1.72. The molecule has 0 amide bonds. The Labute approximate surface area is 145 Å². The van der Waals surface area contributed by atoms with Crippen LogP contribution in [-0.2, 0) is 9.47 Å². The average molecular weight is 325 g/mol. The molecule has 0 aromatic carbocycles. The standard InChI is InChI=1S/C21H40O2/c1-2-3-4-5-6-7-8-9-10-11-12-13-14-16-19-22-21-18-15-17-20-23-21/h16,19,21H,2-15,17-18,20H2,1H3. The van der Waals surface area contributed by atoms with Gasteiger partial charge in [-0.3, -0.25) is 0 Å². The van der Waals surface area contributed by atoms with Gasteiger partial charge in [0, 0.05) is 6.42 Å². The minimum absolute atomic E-state index is 0.0157. The molecule has 1 heterocycles. The van der Waals surface area contributed by atoms with Gasteiger partial charge >= 0.3 is 0 Å². The molecule has 1 fully saturated rings. The molecule has 0 aromatic rings. The van der Waals surface area contributed by atoms with E-state index >= 15 is 0 Å². The largest absolute Gasteiger partial charge is 0.473 e. The van der Waals surface area contributed by atoms with E-state index in [1.54, 1.807) is 0 Å². The molecule has 0 spiro atoms. The fourth-order valence-corrected chi connectivity index (χ4v) is 3.13. The number of rotatable bonds is 15. The van der Waals surface area contributed by atoms with Gasteiger partial charge in [-0.1, -0.05) is 77.6 Å². The second-order valence-corrected chi connectivity index (χ2v) is 6.98. The molecule has 1 aliphatic rings. The summed E-state index contributed by atoms with van der Waals surface area (Å²) in [4.78, 5) is 0. The molecule has 2 nitrogen and oxygen atoms in total. The van der Waals surface area contributed by atoms with Crippen LogP contribution in [0.1, 0.15) is 110 Å². The van der Waals surface area contributed by atoms with Gasteiger partial charge < -0.3 is 9.47 Å². The molecule has 136 valence electrons. The topological polar surface area (TPSA) is 18.5 Å². The van der Waals surface area contributed by atoms with Crippen LogP contribution in [0.5, 0.6) is 0 Å². The summed E-state index contributed by atoms with van der Waals surface area (Å²) in [5.41, 5.74) is 0. The maximum absolute atomic E-state index is 5.59. The van der Waals surface area contributed by atoms with Gasteiger partial charge in [-0.05, 0) is 31.8 Å². The van der Waals surface area contributed by atoms with Gasteiger partial charge in [-0.15, -0.1) is 0 Å². The van der Waals surface area contributed by atoms with Crippen molar-refractivity contribution >= 4 is 0 Å². The molecule has 23 heavy (non-hydrogen) atoms. The molecule has 1 saturated heterocycles. The van der Waals surface area contributed by atoms with E-state index in [-0.39, 0.29) is 6.29 Å². The van der Waals surface area contributed by atoms with E-state index in [9.17, 15) is 0 Å². The zero-order valence-electron chi connectivity index (χ0n) is 15.6. The predicted octanol–water partition coefficient (Wildman–Crippen LogP) is 7.13. The Morgan fingerprint density at radius 1 is 0.826 bits per heavy atom. The Hall–Kier alpha value is -0.500. The van der Waals surface area contributed by atoms with Crippen LogP contribution in [0.25, 0.3) is 0 Å². The summed E-state index contributed by atoms with van der Waals surface area (Å²) >= 11 is 0. The average Bonchev–Trinajstić information content (AvgIpc) is 2.59. The van der Waals surface area contributed by atoms with Gasteiger partial charge in [-0.2, -0.15) is 0 Å². The third kappa shape index (κ3) is 13.6. The SMILES string of the molecule is CCCCCCCCCCCCCCC=COC1CCCCO1. The van der Waals surface area contributed by atoms with Crippen molar-refractivity contribution in [3.8, 4) is 0 Å². The van der Waals surface area contributed by atoms with Gasteiger partial charge in [0.2, 0.25) is 0 Å². The van der Waals surface area contributed by atoms with Crippen LogP contribution in [-0.4, -0.2) is 12.9 Å². The molecular weight excluding hydrogens is 284 g/mol. The maximum atomic E-state index is 5.59. The van der Waals surface area contributed by atoms with Crippen molar-refractivity contribution in [2.45, 2.75) is 116 Å². The summed E-state index contributed by atoms with van der Waals surface area (Å²) in [6, 6.07) is 0. The van der Waals surface area contributed by atoms with Gasteiger partial charge in [0.25, 0.3) is 0 Å². The highest BCUT2D eigenvalue weighted by Crippen LogP contribution is 2.15. The summed E-state index contributed by atoms with van der Waals surface area (Å²) in [6.07, 6.45) is 25.6. The van der Waals surface area contributed by atoms with Crippen LogP contribution in [0.15, 0.2) is 12.3 Å². The molecule has 1 atom stereocenters. The molecule has 2 heteroatoms. The smallest absolute Gasteiger partial charge is 0.198 e. The van der Waals surface area contributed by atoms with Crippen molar-refractivity contribution in [1.29, 1.82) is 0 Å². The highest BCUT2D eigenvalue weighted by molar-refractivity contribution is 4.74. The lowest BCUT2D eigenvalue weighted by Crippen LogP contribution is -2.19. The zero-order chi connectivity index (χ0) is 16.4. The predicted molar refractivity (Wildman–Crippen MR) is 99.5 cm³/mol. The second kappa shape index (κ2) is 16.4. The van der Waals surface area contributed by atoms with Crippen molar-refractivity contribution in [2.75, 3.05) is 6.61 Å². The lowest BCUT2D eigenvalue weighted by molar-refractivity contribution is -0.129. The normalized spacial score (nSPS) is 18.6. The van der Waals surface area contributed by atoms with E-state index in [1.165, 1.54) is 89.9 Å². The Bertz CT molecular complexity index is 257. The third-order valence-corrected chi connectivity index (χ3v) is 4.69. The van der Waals surface area contributed by atoms with Crippen molar-refractivity contribution in [3.63, 3.8) is 0 Å². The molecule has 1 rings (SSSR count). The third-order valence-electron chi connectivity index (χ3n) is 4.69. The van der Waals surface area contributed by atoms with Crippen LogP contribution in [0.2, 0.25) is 0 Å². The van der Waals surface area contributed by atoms with Crippen molar-refractivity contribution in [2.24, 2.45) is 0 Å². The fraction of sp³-hybridized carbons (Fsp3) is 0.905. The summed E-state index contributed by atoms with van der Waals surface area (Å²) in [5, 5.41) is 0. The van der Waals surface area contributed by atoms with Gasteiger partial charge in [0.05, 0.1) is 12.9 Å². The molecule has 0 aromatic heterocycles. The van der Waals surface area contributed by atoms with E-state index in [4.69, 9.17) is 9.47 Å². The monoisotopic (exact) mass is 324 g/mol. The lowest BCUT2D eigenvalue weighted by Gasteiger charge is -2.21. The van der Waals surface area contributed by atoms with Gasteiger partial charge in [0.15, 0.2) is 6.29 Å². The van der Waals surface area contributed by atoms with Crippen LogP contribution in [0, 0.1) is 0 Å². The highest BCUT2D eigenvalue weighted by atomic mass is 16.7. The first-order valence-electron chi connectivity index (χ1n) is 10.4. The molecule has 0 aliphatic carbocycles. The molecule has 0 radical (unpaired) electrons. The zero-order valence-corrected chi connectivity index (χ0v) is 15.6. The molecular formula is C21H40O2. The van der Waals surface area contributed by atoms with E-state index in [0.717, 1.165) is 19.4 Å². The van der Waals surface area contributed by atoms with E-state index in [1.807, 2.05) is 6.26 Å². The van der Waals surface area contributed by atoms with Crippen LogP contribution in [0.3, 0.4) is 0 Å². The molecule has 0 N–H and O–H groups in total. The van der Waals surface area contributed by atoms with Crippen LogP contribution in [0.4, 0.5) is 0 Å². The summed E-state index contributed by atoms with van der Waals surface area (Å²) in [6.45, 7) is 3.14. The second-order valence-electron chi connectivity index (χ2n) is 6.98. The quantitative estimate of drug-likeness (QED) is 0.235. The molecule has 1 unspecified atom stereocenters. The number of allylic oxidation sites excluding steroid dienone is 1. The first-order chi connectivity index (χ1) is 11.4. The summed E-state index contributed by atoms with van der Waals surface area (Å²) < 4.78 is 11.1. The fourth-order valence-electron chi connectivity index (χ4n) is 3.13. The number of ether oxygens (including phenoxy) is 2. The first kappa shape index (κ1) is 20.5. The minimum Gasteiger partial charge on any atom is -0.473 e. The van der Waals surface area contributed by atoms with Crippen LogP contribution < -0.4 is 0 Å². The summed E-state index contributed by atoms with van der Waals surface area (Å²) in [7, 11) is 0. The van der Waals surface area contributed by atoms with Crippen molar-refractivity contribution in [1.82, 2.24) is 0 Å². The Morgan fingerprint density at radius 3 is 2.00 bits per heavy atom. The van der Waals surface area contributed by atoms with Gasteiger partial charge in [-0.25, -0.2) is 0 Å². The Morgan fingerprint density at radius 2 is 1.43 bits per heavy atom. The Kier molecular flexibility index (Phi) is 14.6.